The smallest absolute Gasteiger partial charge is 0.306 e. The summed E-state index contributed by atoms with van der Waals surface area (Å²) in [5, 5.41) is 9.61. The number of aromatic nitrogens is 1. The Bertz CT molecular complexity index is 987. The molecule has 2 heterocycles. The quantitative estimate of drug-likeness (QED) is 0.682. The predicted octanol–water partition coefficient (Wildman–Crippen LogP) is 4.72. The van der Waals surface area contributed by atoms with Crippen LogP contribution >= 0.6 is 0 Å². The Labute approximate surface area is 196 Å². The highest BCUT2D eigenvalue weighted by molar-refractivity contribution is 6.09. The molecule has 1 aliphatic heterocycles. The minimum atomic E-state index is -0.762. The van der Waals surface area contributed by atoms with E-state index in [0.717, 1.165) is 5.69 Å². The number of carbonyl (C=O) groups excluding carboxylic acids is 1. The molecule has 178 valence electrons. The Kier molecular flexibility index (Phi) is 7.30. The zero-order valence-corrected chi connectivity index (χ0v) is 20.4. The summed E-state index contributed by atoms with van der Waals surface area (Å²) in [6.07, 6.45) is 2.21. The summed E-state index contributed by atoms with van der Waals surface area (Å²) in [4.78, 5) is 34.0. The average molecular weight is 454 g/mol. The molecule has 1 aromatic heterocycles. The molecule has 3 rings (SSSR count). The number of ether oxygens (including phenoxy) is 1. The van der Waals surface area contributed by atoms with Gasteiger partial charge in [-0.1, -0.05) is 33.8 Å². The summed E-state index contributed by atoms with van der Waals surface area (Å²) in [7, 11) is 1.60. The first-order valence-electron chi connectivity index (χ1n) is 11.4. The Balaban J connectivity index is 2.05. The van der Waals surface area contributed by atoms with E-state index in [4.69, 9.17) is 4.74 Å². The van der Waals surface area contributed by atoms with Crippen LogP contribution < -0.4 is 14.5 Å². The molecule has 1 aromatic carbocycles. The number of benzene rings is 1. The van der Waals surface area contributed by atoms with Gasteiger partial charge in [0.2, 0.25) is 0 Å². The van der Waals surface area contributed by atoms with Crippen LogP contribution in [0.1, 0.15) is 51.4 Å². The number of hydrogen-bond acceptors (Lipinski definition) is 5. The average Bonchev–Trinajstić information content (AvgIpc) is 2.78. The number of pyridine rings is 1. The van der Waals surface area contributed by atoms with Gasteiger partial charge in [0.05, 0.1) is 24.3 Å². The van der Waals surface area contributed by atoms with Crippen LogP contribution in [0.5, 0.6) is 5.75 Å². The van der Waals surface area contributed by atoms with Crippen molar-refractivity contribution in [2.45, 2.75) is 47.1 Å². The molecular weight excluding hydrogens is 418 g/mol. The van der Waals surface area contributed by atoms with E-state index in [2.05, 4.69) is 30.7 Å². The van der Waals surface area contributed by atoms with Crippen LogP contribution in [0.4, 0.5) is 11.5 Å². The van der Waals surface area contributed by atoms with E-state index in [1.165, 1.54) is 0 Å². The van der Waals surface area contributed by atoms with E-state index in [0.29, 0.717) is 36.6 Å². The lowest BCUT2D eigenvalue weighted by Crippen LogP contribution is -2.49. The third-order valence-electron chi connectivity index (χ3n) is 6.43. The number of rotatable bonds is 6. The van der Waals surface area contributed by atoms with Gasteiger partial charge in [-0.2, -0.15) is 0 Å². The summed E-state index contributed by atoms with van der Waals surface area (Å²) in [5.41, 5.74) is 1.18. The number of carboxylic acid groups (broad SMARTS) is 1. The Morgan fingerprint density at radius 1 is 1.21 bits per heavy atom. The maximum Gasteiger partial charge on any atom is 0.306 e. The van der Waals surface area contributed by atoms with Gasteiger partial charge in [-0.25, -0.2) is 4.98 Å². The van der Waals surface area contributed by atoms with Crippen LogP contribution in [-0.2, 0) is 4.79 Å². The standard InChI is InChI=1S/C26H35N3O4/c1-17-18(2)28(14-12-20(17)25(31)32)22-15-19(33-6)10-11-21(22)24(30)29(16-26(3,4)5)23-9-7-8-13-27-23/h7-11,13,15,17-18,20H,12,14,16H2,1-6H3,(H,31,32). The van der Waals surface area contributed by atoms with E-state index in [1.54, 1.807) is 30.3 Å². The fourth-order valence-corrected chi connectivity index (χ4v) is 4.50. The fourth-order valence-electron chi connectivity index (χ4n) is 4.50. The zero-order valence-electron chi connectivity index (χ0n) is 20.4. The van der Waals surface area contributed by atoms with Crippen LogP contribution in [0.25, 0.3) is 0 Å². The lowest BCUT2D eigenvalue weighted by molar-refractivity contribution is -0.144. The van der Waals surface area contributed by atoms with Crippen molar-refractivity contribution >= 4 is 23.4 Å². The largest absolute Gasteiger partial charge is 0.497 e. The zero-order chi connectivity index (χ0) is 24.3. The minimum Gasteiger partial charge on any atom is -0.497 e. The van der Waals surface area contributed by atoms with Gasteiger partial charge in [-0.3, -0.25) is 14.5 Å². The molecule has 0 spiro atoms. The highest BCUT2D eigenvalue weighted by Crippen LogP contribution is 2.37. The SMILES string of the molecule is COc1ccc(C(=O)N(CC(C)(C)C)c2ccccn2)c(N2CCC(C(=O)O)C(C)C2C)c1. The first-order valence-corrected chi connectivity index (χ1v) is 11.4. The van der Waals surface area contributed by atoms with Crippen molar-refractivity contribution in [3.63, 3.8) is 0 Å². The van der Waals surface area contributed by atoms with Gasteiger partial charge in [0, 0.05) is 31.4 Å². The second-order valence-electron chi connectivity index (χ2n) is 10.0. The molecule has 1 N–H and O–H groups in total. The van der Waals surface area contributed by atoms with Gasteiger partial charge >= 0.3 is 5.97 Å². The van der Waals surface area contributed by atoms with Gasteiger partial charge in [-0.05, 0) is 48.9 Å². The highest BCUT2D eigenvalue weighted by Gasteiger charge is 2.38. The number of aliphatic carboxylic acids is 1. The Morgan fingerprint density at radius 3 is 2.52 bits per heavy atom. The molecule has 0 bridgehead atoms. The van der Waals surface area contributed by atoms with Gasteiger partial charge in [0.15, 0.2) is 0 Å². The highest BCUT2D eigenvalue weighted by atomic mass is 16.5. The van der Waals surface area contributed by atoms with Crippen molar-refractivity contribution in [1.29, 1.82) is 0 Å². The number of anilines is 2. The number of carbonyl (C=O) groups is 2. The summed E-state index contributed by atoms with van der Waals surface area (Å²) in [5.74, 6) is -0.102. The molecule has 7 nitrogen and oxygen atoms in total. The van der Waals surface area contributed by atoms with E-state index in [9.17, 15) is 14.7 Å². The van der Waals surface area contributed by atoms with E-state index in [-0.39, 0.29) is 23.3 Å². The van der Waals surface area contributed by atoms with E-state index in [1.807, 2.05) is 38.1 Å². The number of carboxylic acids is 1. The summed E-state index contributed by atoms with van der Waals surface area (Å²) < 4.78 is 5.47. The molecule has 2 aromatic rings. The van der Waals surface area contributed by atoms with Crippen LogP contribution in [0, 0.1) is 17.3 Å². The fraction of sp³-hybridized carbons (Fsp3) is 0.500. The van der Waals surface area contributed by atoms with E-state index < -0.39 is 11.9 Å². The predicted molar refractivity (Wildman–Crippen MR) is 130 cm³/mol. The second-order valence-corrected chi connectivity index (χ2v) is 10.0. The first kappa shape index (κ1) is 24.6. The van der Waals surface area contributed by atoms with E-state index >= 15 is 0 Å². The van der Waals surface area contributed by atoms with Crippen LogP contribution in [0.2, 0.25) is 0 Å². The maximum atomic E-state index is 14.0. The normalized spacial score (nSPS) is 20.9. The van der Waals surface area contributed by atoms with Crippen molar-refractivity contribution in [1.82, 2.24) is 4.98 Å². The molecule has 1 aliphatic rings. The maximum absolute atomic E-state index is 14.0. The monoisotopic (exact) mass is 453 g/mol. The van der Waals surface area contributed by atoms with Crippen molar-refractivity contribution in [2.75, 3.05) is 30.0 Å². The molecular formula is C26H35N3O4. The molecule has 7 heteroatoms. The van der Waals surface area contributed by atoms with Gasteiger partial charge in [0.1, 0.15) is 11.6 Å². The van der Waals surface area contributed by atoms with Gasteiger partial charge in [0.25, 0.3) is 5.91 Å². The molecule has 3 unspecified atom stereocenters. The van der Waals surface area contributed by atoms with Gasteiger partial charge < -0.3 is 14.7 Å². The van der Waals surface area contributed by atoms with Crippen LogP contribution in [0.3, 0.4) is 0 Å². The van der Waals surface area contributed by atoms with Crippen molar-refractivity contribution in [2.24, 2.45) is 17.3 Å². The molecule has 1 saturated heterocycles. The number of piperidine rings is 1. The number of amides is 1. The molecule has 1 amide bonds. The third-order valence-corrected chi connectivity index (χ3v) is 6.43. The Hall–Kier alpha value is -3.09. The molecule has 0 aliphatic carbocycles. The van der Waals surface area contributed by atoms with Crippen molar-refractivity contribution in [3.8, 4) is 5.75 Å². The number of hydrogen-bond donors (Lipinski definition) is 1. The summed E-state index contributed by atoms with van der Waals surface area (Å²) in [6, 6.07) is 11.0. The van der Waals surface area contributed by atoms with Crippen molar-refractivity contribution in [3.05, 3.63) is 48.2 Å². The summed E-state index contributed by atoms with van der Waals surface area (Å²) in [6.45, 7) is 11.3. The number of methoxy groups -OCH3 is 1. The summed E-state index contributed by atoms with van der Waals surface area (Å²) >= 11 is 0. The topological polar surface area (TPSA) is 83.0 Å². The third kappa shape index (κ3) is 5.46. The van der Waals surface area contributed by atoms with Gasteiger partial charge in [-0.15, -0.1) is 0 Å². The molecule has 0 saturated carbocycles. The molecule has 33 heavy (non-hydrogen) atoms. The second kappa shape index (κ2) is 9.81. The lowest BCUT2D eigenvalue weighted by Gasteiger charge is -2.43. The van der Waals surface area contributed by atoms with Crippen LogP contribution in [-0.4, -0.2) is 48.2 Å². The molecule has 3 atom stereocenters. The Morgan fingerprint density at radius 2 is 1.94 bits per heavy atom. The first-order chi connectivity index (χ1) is 15.5. The van der Waals surface area contributed by atoms with Crippen molar-refractivity contribution < 1.29 is 19.4 Å². The number of nitrogens with zero attached hydrogens (tertiary/aromatic N) is 3. The molecule has 1 fully saturated rings. The lowest BCUT2D eigenvalue weighted by atomic mass is 9.81. The van der Waals surface area contributed by atoms with Crippen LogP contribution in [0.15, 0.2) is 42.6 Å². The minimum absolute atomic E-state index is 0.0515. The molecule has 0 radical (unpaired) electrons.